The van der Waals surface area contributed by atoms with Crippen molar-refractivity contribution < 1.29 is 13.6 Å². The molecule has 7 rings (SSSR count). The molecule has 1 saturated carbocycles. The van der Waals surface area contributed by atoms with Crippen molar-refractivity contribution in [2.75, 3.05) is 76.3 Å². The van der Waals surface area contributed by atoms with Gasteiger partial charge in [0.15, 0.2) is 10.9 Å². The van der Waals surface area contributed by atoms with Gasteiger partial charge in [0.05, 0.1) is 28.8 Å². The summed E-state index contributed by atoms with van der Waals surface area (Å²) >= 11 is 1.26. The highest BCUT2D eigenvalue weighted by molar-refractivity contribution is 7.16. The summed E-state index contributed by atoms with van der Waals surface area (Å²) < 4.78 is 30.8. The second-order valence-electron chi connectivity index (χ2n) is 11.7. The quantitative estimate of drug-likeness (QED) is 0.320. The van der Waals surface area contributed by atoms with Crippen LogP contribution in [0.25, 0.3) is 16.8 Å². The van der Waals surface area contributed by atoms with Gasteiger partial charge in [-0.3, -0.25) is 0 Å². The summed E-state index contributed by atoms with van der Waals surface area (Å²) in [6.07, 6.45) is 3.44. The molecule has 0 N–H and O–H groups in total. The predicted octanol–water partition coefficient (Wildman–Crippen LogP) is 4.74. The van der Waals surface area contributed by atoms with Crippen LogP contribution in [0.1, 0.15) is 29.3 Å². The molecular formula is C31H33F2N9OS. The number of aromatic nitrogens is 3. The first-order valence-corrected chi connectivity index (χ1v) is 15.7. The lowest BCUT2D eigenvalue weighted by atomic mass is 10.1. The van der Waals surface area contributed by atoms with Crippen molar-refractivity contribution in [3.05, 3.63) is 58.7 Å². The predicted molar refractivity (Wildman–Crippen MR) is 166 cm³/mol. The molecule has 3 aliphatic rings. The Bertz CT molecular complexity index is 1740. The topological polar surface area (TPSA) is 87.2 Å². The molecule has 1 aliphatic carbocycles. The summed E-state index contributed by atoms with van der Waals surface area (Å²) in [5.41, 5.74) is 4.10. The number of nitrogens with zero attached hydrogens (tertiary/aromatic N) is 9. The molecule has 0 bridgehead atoms. The Labute approximate surface area is 258 Å². The van der Waals surface area contributed by atoms with Crippen molar-refractivity contribution >= 4 is 39.4 Å². The zero-order chi connectivity index (χ0) is 30.5. The van der Waals surface area contributed by atoms with Crippen LogP contribution < -0.4 is 9.80 Å². The number of pyridine rings is 1. The first kappa shape index (κ1) is 28.5. The Kier molecular flexibility index (Phi) is 7.34. The molecule has 0 spiro atoms. The zero-order valence-corrected chi connectivity index (χ0v) is 25.5. The number of urea groups is 1. The van der Waals surface area contributed by atoms with Gasteiger partial charge in [-0.15, -0.1) is 0 Å². The fourth-order valence-corrected chi connectivity index (χ4v) is 6.90. The van der Waals surface area contributed by atoms with E-state index in [0.717, 1.165) is 55.9 Å². The molecule has 4 aromatic rings. The number of rotatable bonds is 5. The van der Waals surface area contributed by atoms with Crippen molar-refractivity contribution in [1.29, 1.82) is 5.26 Å². The number of amides is 2. The first-order chi connectivity index (χ1) is 21.3. The van der Waals surface area contributed by atoms with E-state index in [1.807, 2.05) is 32.7 Å². The smallest absolute Gasteiger partial charge is 0.320 e. The third kappa shape index (κ3) is 5.22. The number of nitriles is 1. The number of hydrogen-bond acceptors (Lipinski definition) is 8. The maximum absolute atomic E-state index is 15.6. The van der Waals surface area contributed by atoms with E-state index in [0.29, 0.717) is 53.1 Å². The van der Waals surface area contributed by atoms with Crippen LogP contribution >= 0.6 is 11.3 Å². The second kappa shape index (κ2) is 11.3. The Morgan fingerprint density at radius 3 is 2.32 bits per heavy atom. The summed E-state index contributed by atoms with van der Waals surface area (Å²) in [7, 11) is 3.96. The summed E-state index contributed by atoms with van der Waals surface area (Å²) in [4.78, 5) is 28.3. The monoisotopic (exact) mass is 617 g/mol. The highest BCUT2D eigenvalue weighted by Gasteiger charge is 2.34. The number of piperazine rings is 2. The van der Waals surface area contributed by atoms with Gasteiger partial charge in [0.2, 0.25) is 0 Å². The molecule has 0 unspecified atom stereocenters. The van der Waals surface area contributed by atoms with Crippen LogP contribution in [0.4, 0.5) is 30.1 Å². The number of benzene rings is 1. The molecule has 44 heavy (non-hydrogen) atoms. The number of halogens is 2. The Morgan fingerprint density at radius 1 is 1.02 bits per heavy atom. The van der Waals surface area contributed by atoms with E-state index in [1.54, 1.807) is 16.6 Å². The van der Waals surface area contributed by atoms with Gasteiger partial charge in [-0.1, -0.05) is 11.3 Å². The summed E-state index contributed by atoms with van der Waals surface area (Å²) in [6, 6.07) is 10.1. The van der Waals surface area contributed by atoms with Gasteiger partial charge < -0.3 is 24.5 Å². The number of anilines is 3. The average Bonchev–Trinajstić information content (AvgIpc) is 3.69. The van der Waals surface area contributed by atoms with Gasteiger partial charge in [0, 0.05) is 70.9 Å². The normalized spacial score (nSPS) is 17.8. The lowest BCUT2D eigenvalue weighted by Gasteiger charge is -2.40. The van der Waals surface area contributed by atoms with Crippen LogP contribution in [-0.2, 0) is 0 Å². The highest BCUT2D eigenvalue weighted by atomic mass is 32.1. The van der Waals surface area contributed by atoms with Crippen molar-refractivity contribution in [2.24, 2.45) is 0 Å². The molecule has 2 amide bonds. The second-order valence-corrected chi connectivity index (χ2v) is 12.7. The standard InChI is InChI=1S/C31H33F2N9OS/c1-37-9-11-40(12-10-37)31(43)41-15-13-39(14-16-41)24-17-25-29(28(21-3-4-21)36-42(25)19-23(24)33)38(2)30-35-27(26(18-34)44-30)20-5-7-22(32)8-6-20/h5-8,17,19,21H,3-4,9-16H2,1-2H3. The summed E-state index contributed by atoms with van der Waals surface area (Å²) in [5, 5.41) is 15.3. The number of carbonyl (C=O) groups excluding carboxylic acids is 1. The number of likely N-dealkylation sites (N-methyl/N-ethyl adjacent to an activating group) is 1. The molecule has 13 heteroatoms. The molecular weight excluding hydrogens is 584 g/mol. The van der Waals surface area contributed by atoms with Crippen LogP contribution in [0.15, 0.2) is 36.5 Å². The summed E-state index contributed by atoms with van der Waals surface area (Å²) in [5.74, 6) is -0.448. The maximum atomic E-state index is 15.6. The molecule has 228 valence electrons. The minimum atomic E-state index is -0.366. The summed E-state index contributed by atoms with van der Waals surface area (Å²) in [6.45, 7) is 5.29. The van der Waals surface area contributed by atoms with E-state index in [-0.39, 0.29) is 23.6 Å². The van der Waals surface area contributed by atoms with Crippen molar-refractivity contribution in [3.63, 3.8) is 0 Å². The molecule has 2 saturated heterocycles. The molecule has 3 fully saturated rings. The maximum Gasteiger partial charge on any atom is 0.320 e. The minimum Gasteiger partial charge on any atom is -0.366 e. The van der Waals surface area contributed by atoms with Crippen LogP contribution in [-0.4, -0.2) is 102 Å². The van der Waals surface area contributed by atoms with E-state index in [1.165, 1.54) is 29.7 Å². The van der Waals surface area contributed by atoms with E-state index >= 15 is 4.39 Å². The van der Waals surface area contributed by atoms with Crippen LogP contribution in [0.2, 0.25) is 0 Å². The van der Waals surface area contributed by atoms with Gasteiger partial charge >= 0.3 is 6.03 Å². The number of fused-ring (bicyclic) bond motifs is 1. The third-order valence-electron chi connectivity index (χ3n) is 8.79. The minimum absolute atomic E-state index is 0.0580. The molecule has 0 radical (unpaired) electrons. The number of hydrogen-bond donors (Lipinski definition) is 0. The van der Waals surface area contributed by atoms with Gasteiger partial charge in [-0.05, 0) is 50.2 Å². The van der Waals surface area contributed by atoms with Gasteiger partial charge in [-0.25, -0.2) is 23.1 Å². The number of thiazole rings is 1. The lowest BCUT2D eigenvalue weighted by molar-refractivity contribution is 0.120. The highest BCUT2D eigenvalue weighted by Crippen LogP contribution is 2.48. The third-order valence-corrected chi connectivity index (χ3v) is 9.82. The van der Waals surface area contributed by atoms with Gasteiger partial charge in [0.1, 0.15) is 22.5 Å². The van der Waals surface area contributed by atoms with E-state index < -0.39 is 0 Å². The average molecular weight is 618 g/mol. The Morgan fingerprint density at radius 2 is 1.68 bits per heavy atom. The lowest BCUT2D eigenvalue weighted by Crippen LogP contribution is -2.56. The van der Waals surface area contributed by atoms with E-state index in [4.69, 9.17) is 10.1 Å². The fourth-order valence-electron chi connectivity index (χ4n) is 6.04. The Hall–Kier alpha value is -4.28. The molecule has 3 aromatic heterocycles. The number of carbonyl (C=O) groups is 1. The largest absolute Gasteiger partial charge is 0.366 e. The van der Waals surface area contributed by atoms with Gasteiger partial charge in [0.25, 0.3) is 0 Å². The molecule has 10 nitrogen and oxygen atoms in total. The molecule has 2 aliphatic heterocycles. The van der Waals surface area contributed by atoms with Crippen molar-refractivity contribution in [2.45, 2.75) is 18.8 Å². The van der Waals surface area contributed by atoms with Gasteiger partial charge in [-0.2, -0.15) is 10.4 Å². The fraction of sp³-hybridized carbons (Fsp3) is 0.419. The molecule has 1 aromatic carbocycles. The van der Waals surface area contributed by atoms with Crippen LogP contribution in [0.5, 0.6) is 0 Å². The molecule has 5 heterocycles. The van der Waals surface area contributed by atoms with Crippen molar-refractivity contribution in [1.82, 2.24) is 29.3 Å². The van der Waals surface area contributed by atoms with E-state index in [9.17, 15) is 14.4 Å². The first-order valence-electron chi connectivity index (χ1n) is 14.9. The van der Waals surface area contributed by atoms with Crippen molar-refractivity contribution in [3.8, 4) is 17.3 Å². The Balaban J connectivity index is 1.18. The SMILES string of the molecule is CN1CCN(C(=O)N2CCN(c3cc4c(N(C)c5nc(-c6ccc(F)cc6)c(C#N)s5)c(C5CC5)nn4cc3F)CC2)CC1. The molecule has 0 atom stereocenters. The van der Waals surface area contributed by atoms with Crippen LogP contribution in [0, 0.1) is 23.0 Å². The zero-order valence-electron chi connectivity index (χ0n) is 24.7. The van der Waals surface area contributed by atoms with Crippen LogP contribution in [0.3, 0.4) is 0 Å². The van der Waals surface area contributed by atoms with E-state index in [2.05, 4.69) is 18.0 Å².